The van der Waals surface area contributed by atoms with Crippen molar-refractivity contribution in [2.75, 3.05) is 19.3 Å². The van der Waals surface area contributed by atoms with Crippen molar-refractivity contribution in [2.24, 2.45) is 0 Å². The molecule has 1 saturated heterocycles. The number of hydrogen-bond acceptors (Lipinski definition) is 2. The molecule has 0 aliphatic carbocycles. The molecular weight excluding hydrogens is 130 g/mol. The Bertz CT molecular complexity index is 101. The van der Waals surface area contributed by atoms with Crippen molar-refractivity contribution in [3.63, 3.8) is 0 Å². The van der Waals surface area contributed by atoms with E-state index in [-0.39, 0.29) is 0 Å². The summed E-state index contributed by atoms with van der Waals surface area (Å²) in [6, 6.07) is 0. The van der Waals surface area contributed by atoms with E-state index in [1.165, 1.54) is 18.7 Å². The second-order valence-corrected chi connectivity index (χ2v) is 4.77. The molecule has 0 unspecified atom stereocenters. The Labute approximate surface area is 61.8 Å². The minimum absolute atomic E-state index is 0.387. The highest BCUT2D eigenvalue weighted by atomic mass is 32.2. The molecule has 0 aromatic rings. The fourth-order valence-corrected chi connectivity index (χ4v) is 2.09. The van der Waals surface area contributed by atoms with Crippen LogP contribution in [0.2, 0.25) is 0 Å². The monoisotopic (exact) mass is 145 g/mol. The van der Waals surface area contributed by atoms with E-state index in [1.807, 2.05) is 0 Å². The predicted molar refractivity (Wildman–Crippen MR) is 43.8 cm³/mol. The van der Waals surface area contributed by atoms with Crippen LogP contribution in [0.3, 0.4) is 0 Å². The van der Waals surface area contributed by atoms with Gasteiger partial charge in [0.2, 0.25) is 0 Å². The van der Waals surface area contributed by atoms with Gasteiger partial charge < -0.3 is 0 Å². The zero-order valence-electron chi connectivity index (χ0n) is 6.48. The quantitative estimate of drug-likeness (QED) is 0.511. The summed E-state index contributed by atoms with van der Waals surface area (Å²) >= 11 is 2.05. The van der Waals surface area contributed by atoms with Gasteiger partial charge in [-0.05, 0) is 39.6 Å². The molecule has 0 saturated carbocycles. The number of rotatable bonds is 0. The van der Waals surface area contributed by atoms with Crippen molar-refractivity contribution in [3.8, 4) is 0 Å². The van der Waals surface area contributed by atoms with Gasteiger partial charge in [0.25, 0.3) is 0 Å². The molecule has 0 aromatic carbocycles. The molecule has 0 amide bonds. The number of hydrogen-bond donors (Lipinski definition) is 0. The molecule has 0 spiro atoms. The first-order chi connectivity index (χ1) is 4.13. The van der Waals surface area contributed by atoms with Gasteiger partial charge in [-0.1, -0.05) is 0 Å². The lowest BCUT2D eigenvalue weighted by Gasteiger charge is -2.38. The zero-order chi connectivity index (χ0) is 6.91. The Morgan fingerprint density at radius 1 is 1.44 bits per heavy atom. The van der Waals surface area contributed by atoms with Crippen LogP contribution >= 0.6 is 11.8 Å². The highest BCUT2D eigenvalue weighted by molar-refractivity contribution is 8.00. The van der Waals surface area contributed by atoms with Gasteiger partial charge in [0.1, 0.15) is 0 Å². The van der Waals surface area contributed by atoms with Gasteiger partial charge in [0.15, 0.2) is 0 Å². The highest BCUT2D eigenvalue weighted by Gasteiger charge is 2.26. The van der Waals surface area contributed by atoms with Crippen LogP contribution < -0.4 is 0 Å². The zero-order valence-corrected chi connectivity index (χ0v) is 7.29. The lowest BCUT2D eigenvalue weighted by molar-refractivity contribution is 0.235. The second kappa shape index (κ2) is 2.51. The van der Waals surface area contributed by atoms with Crippen molar-refractivity contribution in [1.29, 1.82) is 0 Å². The first-order valence-electron chi connectivity index (χ1n) is 3.48. The Morgan fingerprint density at radius 3 is 2.44 bits per heavy atom. The molecule has 0 N–H and O–H groups in total. The maximum atomic E-state index is 2.42. The lowest BCUT2D eigenvalue weighted by Crippen LogP contribution is -2.42. The van der Waals surface area contributed by atoms with E-state index in [0.29, 0.717) is 4.87 Å². The fourth-order valence-electron chi connectivity index (χ4n) is 1.00. The third kappa shape index (κ3) is 1.62. The van der Waals surface area contributed by atoms with E-state index in [4.69, 9.17) is 0 Å². The fraction of sp³-hybridized carbons (Fsp3) is 1.00. The van der Waals surface area contributed by atoms with Gasteiger partial charge >= 0.3 is 0 Å². The molecule has 1 rings (SSSR count). The van der Waals surface area contributed by atoms with Crippen molar-refractivity contribution in [3.05, 3.63) is 0 Å². The highest BCUT2D eigenvalue weighted by Crippen LogP contribution is 2.31. The predicted octanol–water partition coefficient (Wildman–Crippen LogP) is 1.79. The van der Waals surface area contributed by atoms with Crippen molar-refractivity contribution in [2.45, 2.75) is 25.1 Å². The van der Waals surface area contributed by atoms with Crippen LogP contribution in [-0.4, -0.2) is 29.1 Å². The van der Waals surface area contributed by atoms with Crippen molar-refractivity contribution < 1.29 is 0 Å². The van der Waals surface area contributed by atoms with E-state index in [9.17, 15) is 0 Å². The van der Waals surface area contributed by atoms with E-state index < -0.39 is 0 Å². The largest absolute Gasteiger partial charge is 0.292 e. The van der Waals surface area contributed by atoms with Crippen LogP contribution in [-0.2, 0) is 0 Å². The van der Waals surface area contributed by atoms with Crippen LogP contribution in [0, 0.1) is 0 Å². The first-order valence-corrected chi connectivity index (χ1v) is 4.47. The van der Waals surface area contributed by atoms with Crippen LogP contribution in [0.25, 0.3) is 0 Å². The first kappa shape index (κ1) is 7.42. The molecule has 1 fully saturated rings. The average Bonchev–Trinajstić information content (AvgIpc) is 1.77. The summed E-state index contributed by atoms with van der Waals surface area (Å²) in [5, 5.41) is 0. The van der Waals surface area contributed by atoms with E-state index in [1.54, 1.807) is 0 Å². The second-order valence-electron chi connectivity index (χ2n) is 3.07. The molecular formula is C7H15NS. The summed E-state index contributed by atoms with van der Waals surface area (Å²) in [6.07, 6.45) is 1.35. The smallest absolute Gasteiger partial charge is 0.0610 e. The Kier molecular flexibility index (Phi) is 2.07. The Balaban J connectivity index is 2.49. The summed E-state index contributed by atoms with van der Waals surface area (Å²) in [5.41, 5.74) is 0. The molecule has 0 aromatic heterocycles. The third-order valence-electron chi connectivity index (χ3n) is 2.01. The lowest BCUT2D eigenvalue weighted by atomic mass is 10.3. The summed E-state index contributed by atoms with van der Waals surface area (Å²) < 4.78 is 0. The Hall–Kier alpha value is 0.310. The van der Waals surface area contributed by atoms with E-state index in [2.05, 4.69) is 37.6 Å². The molecule has 0 radical (unpaired) electrons. The van der Waals surface area contributed by atoms with Gasteiger partial charge in [-0.3, -0.25) is 4.90 Å². The van der Waals surface area contributed by atoms with Gasteiger partial charge in [-0.15, -0.1) is 11.8 Å². The summed E-state index contributed by atoms with van der Waals surface area (Å²) in [7, 11) is 2.20. The molecule has 1 aliphatic heterocycles. The minimum atomic E-state index is 0.387. The van der Waals surface area contributed by atoms with Crippen LogP contribution in [0.15, 0.2) is 0 Å². The SMILES string of the molecule is CN1CCCSC1(C)C. The van der Waals surface area contributed by atoms with Crippen molar-refractivity contribution in [1.82, 2.24) is 4.90 Å². The van der Waals surface area contributed by atoms with E-state index in [0.717, 1.165) is 0 Å². The topological polar surface area (TPSA) is 3.24 Å². The third-order valence-corrected chi connectivity index (χ3v) is 3.52. The molecule has 54 valence electrons. The number of thioether (sulfide) groups is 1. The molecule has 0 atom stereocenters. The van der Waals surface area contributed by atoms with Crippen molar-refractivity contribution >= 4 is 11.8 Å². The summed E-state index contributed by atoms with van der Waals surface area (Å²) in [4.78, 5) is 2.80. The maximum absolute atomic E-state index is 2.42. The van der Waals surface area contributed by atoms with Crippen LogP contribution in [0.4, 0.5) is 0 Å². The van der Waals surface area contributed by atoms with Crippen LogP contribution in [0.5, 0.6) is 0 Å². The molecule has 0 bridgehead atoms. The normalized spacial score (nSPS) is 28.3. The van der Waals surface area contributed by atoms with Gasteiger partial charge in [-0.25, -0.2) is 0 Å². The van der Waals surface area contributed by atoms with Gasteiger partial charge in [0.05, 0.1) is 4.87 Å². The van der Waals surface area contributed by atoms with E-state index >= 15 is 0 Å². The summed E-state index contributed by atoms with van der Waals surface area (Å²) in [5.74, 6) is 1.33. The molecule has 1 aliphatic rings. The molecule has 1 nitrogen and oxygen atoms in total. The standard InChI is InChI=1S/C7H15NS/c1-7(2)8(3)5-4-6-9-7/h4-6H2,1-3H3. The minimum Gasteiger partial charge on any atom is -0.292 e. The van der Waals surface area contributed by atoms with Gasteiger partial charge in [-0.2, -0.15) is 0 Å². The van der Waals surface area contributed by atoms with Gasteiger partial charge in [0, 0.05) is 0 Å². The summed E-state index contributed by atoms with van der Waals surface area (Å²) in [6.45, 7) is 5.84. The number of nitrogens with zero attached hydrogens (tertiary/aromatic N) is 1. The molecule has 1 heterocycles. The van der Waals surface area contributed by atoms with Crippen LogP contribution in [0.1, 0.15) is 20.3 Å². The Morgan fingerprint density at radius 2 is 2.11 bits per heavy atom. The average molecular weight is 145 g/mol. The molecule has 2 heteroatoms. The maximum Gasteiger partial charge on any atom is 0.0610 e. The molecule has 9 heavy (non-hydrogen) atoms.